The third kappa shape index (κ3) is 15.6. The van der Waals surface area contributed by atoms with Gasteiger partial charge in [0.2, 0.25) is 0 Å². The summed E-state index contributed by atoms with van der Waals surface area (Å²) in [4.78, 5) is 16.1. The van der Waals surface area contributed by atoms with E-state index in [4.69, 9.17) is 64.8 Å². The Hall–Kier alpha value is -7.10. The minimum Gasteiger partial charge on any atom is -0.494 e. The average Bonchev–Trinajstić information content (AvgIpc) is 3.20. The molecule has 4 aromatic rings. The highest BCUT2D eigenvalue weighted by molar-refractivity contribution is 6.04. The monoisotopic (exact) mass is 792 g/mol. The third-order valence-corrected chi connectivity index (χ3v) is 8.28. The summed E-state index contributed by atoms with van der Waals surface area (Å²) >= 11 is 0. The number of benzene rings is 4. The molecule has 0 amide bonds. The van der Waals surface area contributed by atoms with Crippen LogP contribution in [0.2, 0.25) is 0 Å². The van der Waals surface area contributed by atoms with Crippen molar-refractivity contribution in [3.8, 4) is 23.0 Å². The van der Waals surface area contributed by atoms with E-state index in [9.17, 15) is 0 Å². The number of hydrogen-bond acceptors (Lipinski definition) is 8. The maximum atomic E-state index is 6.01. The average molecular weight is 793 g/mol. The van der Waals surface area contributed by atoms with Gasteiger partial charge in [0.25, 0.3) is 0 Å². The summed E-state index contributed by atoms with van der Waals surface area (Å²) in [6.45, 7) is 3.77. The number of guanidine groups is 4. The van der Waals surface area contributed by atoms with Crippen molar-refractivity contribution in [2.45, 2.75) is 25.7 Å². The van der Waals surface area contributed by atoms with E-state index in [0.717, 1.165) is 56.4 Å². The van der Waals surface area contributed by atoms with Crippen molar-refractivity contribution in [3.63, 3.8) is 0 Å². The zero-order chi connectivity index (χ0) is 41.5. The van der Waals surface area contributed by atoms with Gasteiger partial charge in [0.15, 0.2) is 23.8 Å². The molecule has 0 bridgehead atoms. The van der Waals surface area contributed by atoms with E-state index in [2.05, 4.69) is 68.5 Å². The number of aliphatic imine (C=N–C) groups is 4. The summed E-state index contributed by atoms with van der Waals surface area (Å²) in [5.41, 5.74) is 49.5. The lowest BCUT2D eigenvalue weighted by atomic mass is 9.85. The van der Waals surface area contributed by atoms with Crippen molar-refractivity contribution in [3.05, 3.63) is 119 Å². The zero-order valence-electron chi connectivity index (χ0n) is 32.8. The molecule has 16 nitrogen and oxygen atoms in total. The van der Waals surface area contributed by atoms with Gasteiger partial charge in [-0.2, -0.15) is 0 Å². The van der Waals surface area contributed by atoms with Gasteiger partial charge in [-0.25, -0.2) is 0 Å². The first-order valence-electron chi connectivity index (χ1n) is 19.0. The van der Waals surface area contributed by atoms with Crippen LogP contribution in [-0.2, 0) is 0 Å². The molecular weight excluding hydrogens is 737 g/mol. The van der Waals surface area contributed by atoms with Gasteiger partial charge < -0.3 is 64.8 Å². The molecule has 0 aromatic heterocycles. The Morgan fingerprint density at radius 3 is 0.672 bits per heavy atom. The fourth-order valence-corrected chi connectivity index (χ4v) is 5.63. The van der Waals surface area contributed by atoms with Crippen molar-refractivity contribution in [1.82, 2.24) is 0 Å². The molecule has 0 fully saturated rings. The van der Waals surface area contributed by atoms with Crippen LogP contribution in [0.1, 0.15) is 47.9 Å². The summed E-state index contributed by atoms with van der Waals surface area (Å²) in [5, 5.41) is 0. The molecule has 0 aliphatic carbocycles. The van der Waals surface area contributed by atoms with Crippen molar-refractivity contribution in [2.75, 3.05) is 52.6 Å². The van der Waals surface area contributed by atoms with E-state index in [-0.39, 0.29) is 23.8 Å². The van der Waals surface area contributed by atoms with Crippen LogP contribution in [0.3, 0.4) is 0 Å². The molecule has 0 unspecified atom stereocenters. The van der Waals surface area contributed by atoms with Crippen molar-refractivity contribution >= 4 is 35.0 Å². The quantitative estimate of drug-likeness (QED) is 0.0220. The molecule has 308 valence electrons. The predicted octanol–water partition coefficient (Wildman–Crippen LogP) is 2.86. The van der Waals surface area contributed by atoms with E-state index < -0.39 is 0 Å². The summed E-state index contributed by atoms with van der Waals surface area (Å²) in [5.74, 6) is 3.14. The Kier molecular flexibility index (Phi) is 17.9. The van der Waals surface area contributed by atoms with Gasteiger partial charge in [-0.15, -0.1) is 0 Å². The van der Waals surface area contributed by atoms with Crippen molar-refractivity contribution in [2.24, 2.45) is 65.8 Å². The molecule has 0 radical (unpaired) electrons. The van der Waals surface area contributed by atoms with Crippen molar-refractivity contribution in [1.29, 1.82) is 0 Å². The van der Waals surface area contributed by atoms with E-state index in [0.29, 0.717) is 78.3 Å². The molecule has 58 heavy (non-hydrogen) atoms. The smallest absolute Gasteiger partial charge is 0.185 e. The van der Waals surface area contributed by atoms with Crippen LogP contribution in [0.15, 0.2) is 117 Å². The first-order valence-corrected chi connectivity index (χ1v) is 19.0. The molecule has 0 saturated heterocycles. The Labute approximate surface area is 339 Å². The maximum absolute atomic E-state index is 6.01. The zero-order valence-corrected chi connectivity index (χ0v) is 32.8. The molecule has 4 aromatic carbocycles. The molecule has 0 heterocycles. The number of hydrogen-bond donors (Lipinski definition) is 8. The van der Waals surface area contributed by atoms with Crippen molar-refractivity contribution < 1.29 is 18.9 Å². The second-order valence-corrected chi connectivity index (χ2v) is 12.9. The van der Waals surface area contributed by atoms with Gasteiger partial charge >= 0.3 is 0 Å². The third-order valence-electron chi connectivity index (χ3n) is 8.28. The topological polar surface area (TPSA) is 295 Å². The summed E-state index contributed by atoms with van der Waals surface area (Å²) < 4.78 is 24.1. The second kappa shape index (κ2) is 23.7. The van der Waals surface area contributed by atoms with Crippen LogP contribution in [0.4, 0.5) is 0 Å². The first-order chi connectivity index (χ1) is 28.1. The Morgan fingerprint density at radius 2 is 0.500 bits per heavy atom. The first kappa shape index (κ1) is 43.6. The molecule has 0 saturated carbocycles. The van der Waals surface area contributed by atoms with Crippen LogP contribution in [0, 0.1) is 0 Å². The van der Waals surface area contributed by atoms with E-state index in [1.54, 1.807) is 0 Å². The van der Waals surface area contributed by atoms with Crippen LogP contribution in [0.25, 0.3) is 11.1 Å². The maximum Gasteiger partial charge on any atom is 0.185 e. The molecule has 0 aliphatic heterocycles. The van der Waals surface area contributed by atoms with Crippen LogP contribution in [-0.4, -0.2) is 76.4 Å². The Morgan fingerprint density at radius 1 is 0.310 bits per heavy atom. The van der Waals surface area contributed by atoms with Crippen LogP contribution in [0.5, 0.6) is 23.0 Å². The van der Waals surface area contributed by atoms with Gasteiger partial charge in [0.05, 0.1) is 26.4 Å². The molecule has 0 atom stereocenters. The summed E-state index contributed by atoms with van der Waals surface area (Å²) in [6, 6.07) is 32.1. The minimum atomic E-state index is 0.0604. The fourth-order valence-electron chi connectivity index (χ4n) is 5.63. The SMILES string of the molecule is NC(N)=NCCCOc1ccc(C(=C(c2ccc(OCCCN=C(N)N)cc2)c2ccc(OCCCN=C(N)N)cc2)c2ccc(OCCCN=C(N)N)cc2)cc1. The van der Waals surface area contributed by atoms with E-state index >= 15 is 0 Å². The highest BCUT2D eigenvalue weighted by Crippen LogP contribution is 2.39. The highest BCUT2D eigenvalue weighted by Gasteiger charge is 2.18. The summed E-state index contributed by atoms with van der Waals surface area (Å²) in [7, 11) is 0. The number of ether oxygens (including phenoxy) is 4. The lowest BCUT2D eigenvalue weighted by molar-refractivity contribution is 0.313. The fraction of sp³-hybridized carbons (Fsp3) is 0.286. The largest absolute Gasteiger partial charge is 0.494 e. The van der Waals surface area contributed by atoms with Gasteiger partial charge in [0, 0.05) is 51.9 Å². The number of nitrogens with two attached hydrogens (primary N) is 8. The minimum absolute atomic E-state index is 0.0604. The predicted molar refractivity (Wildman–Crippen MR) is 234 cm³/mol. The molecule has 0 aliphatic rings. The number of rotatable bonds is 24. The lowest BCUT2D eigenvalue weighted by Crippen LogP contribution is -2.23. The van der Waals surface area contributed by atoms with Crippen LogP contribution >= 0.6 is 0 Å². The Bertz CT molecular complexity index is 1690. The second-order valence-electron chi connectivity index (χ2n) is 12.9. The standard InChI is InChI=1S/C42H56N12O4/c43-39(44)51-21-1-25-55-33-13-5-29(6-14-33)37(30-7-15-34(16-8-30)56-26-2-22-52-40(45)46)38(31-9-17-35(18-10-31)57-27-3-23-53-41(47)48)32-11-19-36(20-12-32)58-28-4-24-54-42(49)50/h5-20H,1-4,21-28H2,(H4,43,44,51)(H4,45,46,52)(H4,47,48,53)(H4,49,50,54). The normalized spacial score (nSPS) is 10.4. The number of nitrogens with zero attached hydrogens (tertiary/aromatic N) is 4. The van der Waals surface area contributed by atoms with Gasteiger partial charge in [0.1, 0.15) is 23.0 Å². The van der Waals surface area contributed by atoms with Crippen LogP contribution < -0.4 is 64.8 Å². The lowest BCUT2D eigenvalue weighted by Gasteiger charge is -2.19. The summed E-state index contributed by atoms with van der Waals surface area (Å²) in [6.07, 6.45) is 2.68. The molecule has 16 heteroatoms. The highest BCUT2D eigenvalue weighted by atomic mass is 16.5. The van der Waals surface area contributed by atoms with E-state index in [1.807, 2.05) is 48.5 Å². The van der Waals surface area contributed by atoms with E-state index in [1.165, 1.54) is 0 Å². The molecular formula is C42H56N12O4. The Balaban J connectivity index is 1.73. The molecule has 16 N–H and O–H groups in total. The van der Waals surface area contributed by atoms with Gasteiger partial charge in [-0.3, -0.25) is 20.0 Å². The van der Waals surface area contributed by atoms with Gasteiger partial charge in [-0.05, 0) is 81.9 Å². The molecule has 4 rings (SSSR count). The molecule has 0 spiro atoms. The van der Waals surface area contributed by atoms with Gasteiger partial charge in [-0.1, -0.05) is 48.5 Å².